The van der Waals surface area contributed by atoms with Gasteiger partial charge in [0, 0.05) is 18.7 Å². The zero-order valence-electron chi connectivity index (χ0n) is 21.4. The van der Waals surface area contributed by atoms with Crippen LogP contribution in [0.5, 0.6) is 17.2 Å². The highest BCUT2D eigenvalue weighted by molar-refractivity contribution is 7.98. The van der Waals surface area contributed by atoms with Gasteiger partial charge in [0.05, 0.1) is 45.2 Å². The summed E-state index contributed by atoms with van der Waals surface area (Å²) in [5.41, 5.74) is 2.33. The van der Waals surface area contributed by atoms with Crippen molar-refractivity contribution >= 4 is 34.5 Å². The molecular formula is C24H30N8O4S. The van der Waals surface area contributed by atoms with Gasteiger partial charge in [-0.15, -0.1) is 0 Å². The molecule has 37 heavy (non-hydrogen) atoms. The SMILES string of the molecule is CCCNc1nc(SC)nc2c1cnn2CCNC(=O)c1cc(-c2cc(OC)c(OC)c(OC)c2)n[nH]1. The molecule has 0 spiro atoms. The van der Waals surface area contributed by atoms with Gasteiger partial charge < -0.3 is 24.8 Å². The summed E-state index contributed by atoms with van der Waals surface area (Å²) in [5.74, 6) is 1.96. The lowest BCUT2D eigenvalue weighted by atomic mass is 10.1. The number of nitrogens with zero attached hydrogens (tertiary/aromatic N) is 5. The van der Waals surface area contributed by atoms with Crippen molar-refractivity contribution in [3.63, 3.8) is 0 Å². The van der Waals surface area contributed by atoms with Gasteiger partial charge in [0.1, 0.15) is 11.5 Å². The first-order valence-corrected chi connectivity index (χ1v) is 12.9. The number of fused-ring (bicyclic) bond motifs is 1. The number of aromatic nitrogens is 6. The van der Waals surface area contributed by atoms with Gasteiger partial charge in [-0.1, -0.05) is 18.7 Å². The fourth-order valence-corrected chi connectivity index (χ4v) is 4.11. The molecule has 0 atom stereocenters. The molecule has 3 N–H and O–H groups in total. The zero-order valence-corrected chi connectivity index (χ0v) is 22.2. The minimum Gasteiger partial charge on any atom is -0.493 e. The van der Waals surface area contributed by atoms with Gasteiger partial charge in [0.15, 0.2) is 22.3 Å². The van der Waals surface area contributed by atoms with Gasteiger partial charge in [-0.25, -0.2) is 14.6 Å². The van der Waals surface area contributed by atoms with Crippen LogP contribution in [-0.4, -0.2) is 76.5 Å². The topological polar surface area (TPSA) is 141 Å². The van der Waals surface area contributed by atoms with Crippen LogP contribution < -0.4 is 24.8 Å². The number of rotatable bonds is 12. The first-order chi connectivity index (χ1) is 18.0. The summed E-state index contributed by atoms with van der Waals surface area (Å²) in [6.07, 6.45) is 4.66. The molecule has 12 nitrogen and oxygen atoms in total. The maximum Gasteiger partial charge on any atom is 0.269 e. The largest absolute Gasteiger partial charge is 0.493 e. The molecule has 0 aliphatic heterocycles. The first-order valence-electron chi connectivity index (χ1n) is 11.7. The number of amides is 1. The number of H-pyrrole nitrogens is 1. The van der Waals surface area contributed by atoms with E-state index >= 15 is 0 Å². The van der Waals surface area contributed by atoms with Gasteiger partial charge in [0.25, 0.3) is 5.91 Å². The highest BCUT2D eigenvalue weighted by Crippen LogP contribution is 2.40. The predicted octanol–water partition coefficient (Wildman–Crippen LogP) is 3.22. The lowest BCUT2D eigenvalue weighted by molar-refractivity contribution is 0.0947. The number of thioether (sulfide) groups is 1. The smallest absolute Gasteiger partial charge is 0.269 e. The summed E-state index contributed by atoms with van der Waals surface area (Å²) in [7, 11) is 4.63. The second-order valence-corrected chi connectivity index (χ2v) is 8.70. The zero-order chi connectivity index (χ0) is 26.4. The third-order valence-corrected chi connectivity index (χ3v) is 6.14. The number of anilines is 1. The lowest BCUT2D eigenvalue weighted by Crippen LogP contribution is -2.27. The van der Waals surface area contributed by atoms with E-state index in [1.165, 1.54) is 11.8 Å². The van der Waals surface area contributed by atoms with Crippen molar-refractivity contribution in [2.75, 3.05) is 46.0 Å². The standard InChI is InChI=1S/C24H30N8O4S/c1-6-7-25-21-15-13-27-32(22(15)29-24(28-21)37-5)9-8-26-23(33)17-12-16(30-31-17)14-10-18(34-2)20(36-4)19(11-14)35-3/h10-13H,6-9H2,1-5H3,(H,26,33)(H,30,31)(H,25,28,29). The van der Waals surface area contributed by atoms with Crippen molar-refractivity contribution in [3.05, 3.63) is 30.1 Å². The highest BCUT2D eigenvalue weighted by Gasteiger charge is 2.18. The molecule has 0 saturated carbocycles. The van der Waals surface area contributed by atoms with Gasteiger partial charge >= 0.3 is 0 Å². The molecule has 0 aliphatic carbocycles. The maximum absolute atomic E-state index is 12.8. The second-order valence-electron chi connectivity index (χ2n) is 7.93. The predicted molar refractivity (Wildman–Crippen MR) is 142 cm³/mol. The Bertz CT molecular complexity index is 1360. The maximum atomic E-state index is 12.8. The van der Waals surface area contributed by atoms with Crippen LogP contribution in [0.3, 0.4) is 0 Å². The minimum atomic E-state index is -0.285. The molecule has 4 aromatic rings. The summed E-state index contributed by atoms with van der Waals surface area (Å²) < 4.78 is 18.0. The third kappa shape index (κ3) is 5.56. The molecule has 3 heterocycles. The van der Waals surface area contributed by atoms with Gasteiger partial charge in [-0.2, -0.15) is 10.2 Å². The summed E-state index contributed by atoms with van der Waals surface area (Å²) in [5, 5.41) is 19.3. The van der Waals surface area contributed by atoms with E-state index in [0.29, 0.717) is 52.4 Å². The number of nitrogens with one attached hydrogen (secondary N) is 3. The van der Waals surface area contributed by atoms with Crippen molar-refractivity contribution in [2.24, 2.45) is 0 Å². The Balaban J connectivity index is 1.45. The van der Waals surface area contributed by atoms with E-state index in [0.717, 1.165) is 29.8 Å². The molecule has 3 aromatic heterocycles. The molecule has 0 saturated heterocycles. The number of ether oxygens (including phenoxy) is 3. The summed E-state index contributed by atoms with van der Waals surface area (Å²) in [6, 6.07) is 5.22. The van der Waals surface area contributed by atoms with Crippen molar-refractivity contribution in [1.29, 1.82) is 0 Å². The monoisotopic (exact) mass is 526 g/mol. The average molecular weight is 527 g/mol. The normalized spacial score (nSPS) is 10.9. The Morgan fingerprint density at radius 2 is 1.84 bits per heavy atom. The van der Waals surface area contributed by atoms with Gasteiger partial charge in [-0.05, 0) is 30.9 Å². The second kappa shape index (κ2) is 11.8. The lowest BCUT2D eigenvalue weighted by Gasteiger charge is -2.13. The van der Waals surface area contributed by atoms with E-state index in [2.05, 4.69) is 42.8 Å². The van der Waals surface area contributed by atoms with E-state index < -0.39 is 0 Å². The molecule has 0 unspecified atom stereocenters. The number of methoxy groups -OCH3 is 3. The minimum absolute atomic E-state index is 0.285. The van der Waals surface area contributed by atoms with Crippen molar-refractivity contribution < 1.29 is 19.0 Å². The number of hydrogen-bond acceptors (Lipinski definition) is 10. The van der Waals surface area contributed by atoms with Crippen LogP contribution in [0.1, 0.15) is 23.8 Å². The Kier molecular flexibility index (Phi) is 8.33. The number of aromatic amines is 1. The molecule has 4 rings (SSSR count). The molecule has 0 radical (unpaired) electrons. The van der Waals surface area contributed by atoms with Crippen molar-refractivity contribution in [2.45, 2.75) is 25.0 Å². The van der Waals surface area contributed by atoms with Gasteiger partial charge in [-0.3, -0.25) is 9.89 Å². The van der Waals surface area contributed by atoms with E-state index in [-0.39, 0.29) is 5.91 Å². The van der Waals surface area contributed by atoms with Gasteiger partial charge in [0.2, 0.25) is 5.75 Å². The molecule has 13 heteroatoms. The van der Waals surface area contributed by atoms with Crippen LogP contribution in [0.4, 0.5) is 5.82 Å². The van der Waals surface area contributed by atoms with Crippen LogP contribution >= 0.6 is 11.8 Å². The van der Waals surface area contributed by atoms with Crippen LogP contribution in [0.15, 0.2) is 29.6 Å². The van der Waals surface area contributed by atoms with Crippen molar-refractivity contribution in [3.8, 4) is 28.5 Å². The third-order valence-electron chi connectivity index (χ3n) is 5.59. The molecule has 1 aromatic carbocycles. The Labute approximate surface area is 218 Å². The number of hydrogen-bond donors (Lipinski definition) is 3. The number of carbonyl (C=O) groups excluding carboxylic acids is 1. The Morgan fingerprint density at radius 1 is 1.08 bits per heavy atom. The fourth-order valence-electron chi connectivity index (χ4n) is 3.75. The van der Waals surface area contributed by atoms with E-state index in [9.17, 15) is 4.79 Å². The molecule has 1 amide bonds. The van der Waals surface area contributed by atoms with Crippen LogP contribution in [0.25, 0.3) is 22.3 Å². The van der Waals surface area contributed by atoms with E-state index in [1.54, 1.807) is 50.4 Å². The summed E-state index contributed by atoms with van der Waals surface area (Å²) in [6.45, 7) is 3.70. The summed E-state index contributed by atoms with van der Waals surface area (Å²) in [4.78, 5) is 22.0. The highest BCUT2D eigenvalue weighted by atomic mass is 32.2. The van der Waals surface area contributed by atoms with Crippen LogP contribution in [-0.2, 0) is 6.54 Å². The average Bonchev–Trinajstić information content (AvgIpc) is 3.58. The number of carbonyl (C=O) groups is 1. The van der Waals surface area contributed by atoms with Crippen LogP contribution in [0, 0.1) is 0 Å². The van der Waals surface area contributed by atoms with E-state index in [1.807, 2.05) is 6.26 Å². The number of benzene rings is 1. The molecule has 0 aliphatic rings. The van der Waals surface area contributed by atoms with E-state index in [4.69, 9.17) is 14.2 Å². The van der Waals surface area contributed by atoms with Crippen LogP contribution in [0.2, 0.25) is 0 Å². The quantitative estimate of drug-likeness (QED) is 0.186. The molecule has 0 fully saturated rings. The molecule has 0 bridgehead atoms. The Hall–Kier alpha value is -4.00. The molecular weight excluding hydrogens is 496 g/mol. The molecule has 196 valence electrons. The first kappa shape index (κ1) is 26.1. The summed E-state index contributed by atoms with van der Waals surface area (Å²) >= 11 is 1.47. The fraction of sp³-hybridized carbons (Fsp3) is 0.375. The Morgan fingerprint density at radius 3 is 2.49 bits per heavy atom. The van der Waals surface area contributed by atoms with Crippen molar-refractivity contribution in [1.82, 2.24) is 35.3 Å².